The average molecular weight is 997 g/mol. The molecule has 3 saturated heterocycles. The summed E-state index contributed by atoms with van der Waals surface area (Å²) in [4.78, 5) is 106. The van der Waals surface area contributed by atoms with Crippen LogP contribution in [0.4, 0.5) is 10.5 Å². The number of rotatable bonds is 14. The second kappa shape index (κ2) is 22.0. The van der Waals surface area contributed by atoms with Crippen molar-refractivity contribution in [3.8, 4) is 0 Å². The number of nitrogens with one attached hydrogen (secondary N) is 2. The number of epoxide rings is 1. The number of likely N-dealkylation sites (tertiary alicyclic amines) is 1. The number of aryl methyl sites for hydroxylation is 1. The number of alkyl carbamates (subject to hydrolysis) is 1. The van der Waals surface area contributed by atoms with Crippen LogP contribution in [0.3, 0.4) is 0 Å². The van der Waals surface area contributed by atoms with Gasteiger partial charge in [0.05, 0.1) is 35.1 Å². The van der Waals surface area contributed by atoms with E-state index in [1.54, 1.807) is 39.1 Å². The molecule has 3 fully saturated rings. The monoisotopic (exact) mass is 995 g/mol. The molecular weight excluding hydrogens is 933 g/mol. The van der Waals surface area contributed by atoms with Crippen LogP contribution < -0.4 is 15.5 Å². The Hall–Kier alpha value is -4.30. The van der Waals surface area contributed by atoms with E-state index in [2.05, 4.69) is 10.6 Å². The molecule has 0 aliphatic carbocycles. The first-order valence-corrected chi connectivity index (χ1v) is 25.6. The number of thioether (sulfide) groups is 1. The zero-order chi connectivity index (χ0) is 49.8. The lowest BCUT2D eigenvalue weighted by molar-refractivity contribution is -0.162. The number of aliphatic hydroxyl groups is 2. The second-order valence-corrected chi connectivity index (χ2v) is 22.3. The number of carbonyl (C=O) groups excluding carboxylic acids is 7. The van der Waals surface area contributed by atoms with Crippen molar-refractivity contribution in [3.05, 3.63) is 52.1 Å². The van der Waals surface area contributed by atoms with Crippen molar-refractivity contribution >= 4 is 78.0 Å². The smallest absolute Gasteiger partial charge is 0.409 e. The fourth-order valence-electron chi connectivity index (χ4n) is 8.54. The third-order valence-corrected chi connectivity index (χ3v) is 16.7. The quantitative estimate of drug-likeness (QED) is 0.0777. The number of likely N-dealkylation sites (N-methyl/N-ethyl adjacent to an activating group) is 1. The van der Waals surface area contributed by atoms with Crippen LogP contribution in [0, 0.1) is 18.8 Å². The van der Waals surface area contributed by atoms with Crippen LogP contribution in [-0.2, 0) is 54.0 Å². The highest BCUT2D eigenvalue weighted by atomic mass is 35.5. The Bertz CT molecular complexity index is 2230. The summed E-state index contributed by atoms with van der Waals surface area (Å²) in [5.74, 6) is -4.71. The van der Waals surface area contributed by atoms with Crippen LogP contribution in [0.5, 0.6) is 0 Å². The Kier molecular flexibility index (Phi) is 17.6. The number of imide groups is 1. The molecule has 22 heteroatoms. The van der Waals surface area contributed by atoms with Gasteiger partial charge in [0.25, 0.3) is 0 Å². The van der Waals surface area contributed by atoms with E-state index in [0.717, 1.165) is 33.4 Å². The summed E-state index contributed by atoms with van der Waals surface area (Å²) in [6.07, 6.45) is 0.139. The van der Waals surface area contributed by atoms with E-state index >= 15 is 0 Å². The topological polar surface area (TPSA) is 262 Å². The molecule has 5 rings (SSSR count). The van der Waals surface area contributed by atoms with Crippen molar-refractivity contribution in [1.29, 1.82) is 0 Å². The number of anilines is 1. The Morgan fingerprint density at radius 1 is 1.13 bits per heavy atom. The summed E-state index contributed by atoms with van der Waals surface area (Å²) >= 11 is 7.86. The summed E-state index contributed by atoms with van der Waals surface area (Å²) in [5.41, 5.74) is -0.328. The van der Waals surface area contributed by atoms with E-state index < -0.39 is 108 Å². The maximum atomic E-state index is 14.2. The van der Waals surface area contributed by atoms with Gasteiger partial charge in [0, 0.05) is 83.3 Å². The molecule has 4 heterocycles. The molecule has 0 saturated carbocycles. The van der Waals surface area contributed by atoms with Gasteiger partial charge >= 0.3 is 12.1 Å². The summed E-state index contributed by atoms with van der Waals surface area (Å²) in [7, 11) is 0.583. The number of carbonyl (C=O) groups is 7. The average Bonchev–Trinajstić information content (AvgIpc) is 3.89. The molecule has 19 nitrogen and oxygen atoms in total. The Balaban J connectivity index is 1.30. The number of ether oxygens (including phenoxy) is 3. The van der Waals surface area contributed by atoms with Crippen molar-refractivity contribution in [2.45, 2.75) is 114 Å². The van der Waals surface area contributed by atoms with E-state index in [9.17, 15) is 53.2 Å². The number of amides is 6. The normalized spacial score (nSPS) is 30.5. The van der Waals surface area contributed by atoms with Crippen molar-refractivity contribution in [2.75, 3.05) is 57.3 Å². The molecule has 0 spiro atoms. The van der Waals surface area contributed by atoms with Gasteiger partial charge in [-0.15, -0.1) is 11.8 Å². The van der Waals surface area contributed by atoms with Crippen LogP contribution in [0.15, 0.2) is 35.9 Å². The first-order chi connectivity index (χ1) is 31.3. The number of nitrogens with zero attached hydrogens (tertiary/aromatic N) is 3. The van der Waals surface area contributed by atoms with Crippen LogP contribution in [0.25, 0.3) is 0 Å². The third kappa shape index (κ3) is 12.9. The molecule has 4 bridgehead atoms. The lowest BCUT2D eigenvalue weighted by atomic mass is 9.81. The molecule has 1 aromatic rings. The Labute approximate surface area is 399 Å². The summed E-state index contributed by atoms with van der Waals surface area (Å²) < 4.78 is 30.6. The number of benzene rings is 1. The predicted octanol–water partition coefficient (Wildman–Crippen LogP) is 3.07. The highest BCUT2D eigenvalue weighted by molar-refractivity contribution is 8.00. The number of hydrogen-bond acceptors (Lipinski definition) is 14. The number of allylic oxidation sites excluding steroid dienone is 3. The molecule has 0 aromatic heterocycles. The van der Waals surface area contributed by atoms with E-state index in [1.807, 2.05) is 26.0 Å². The van der Waals surface area contributed by atoms with Crippen molar-refractivity contribution in [2.24, 2.45) is 11.8 Å². The summed E-state index contributed by atoms with van der Waals surface area (Å²) in [6, 6.07) is 2.53. The standard InChI is InChI=1S/C45H63ClN5O14PS/c1-25-10-9-11-30(24-52)45(60)23-32(63-43(59)48-45)27(3)40-44(5,65-40)34(22-37(55)50(8)31-20-29(18-25)19-26(2)39(31)46)64-42(58)28(4)49(7)36(54)13-17-67-33-21-38(56)51(41(33)57)14-16-66(61,62)15-12-35(53)47-6/h9-11,19-20,27-28,30,32-34,40,52,60H,12-18,21-24H2,1-8H3,(H,47,53)(H,48,59)(H,61,62)/b11-9+,25-10+/t27-,28+,30+,32?,33?,34+,40-,44+,45+/m1/s1. The summed E-state index contributed by atoms with van der Waals surface area (Å²) in [5, 5.41) is 26.5. The molecule has 5 N–H and O–H groups in total. The summed E-state index contributed by atoms with van der Waals surface area (Å²) in [6.45, 7) is 7.80. The molecule has 6 amide bonds. The van der Waals surface area contributed by atoms with Gasteiger partial charge in [0.2, 0.25) is 36.9 Å². The van der Waals surface area contributed by atoms with Crippen LogP contribution in [-0.4, -0.2) is 160 Å². The van der Waals surface area contributed by atoms with E-state index in [-0.39, 0.29) is 56.7 Å². The lowest BCUT2D eigenvalue weighted by Crippen LogP contribution is -2.62. The van der Waals surface area contributed by atoms with Gasteiger partial charge in [-0.3, -0.25) is 38.8 Å². The second-order valence-electron chi connectivity index (χ2n) is 18.1. The minimum absolute atomic E-state index is 0.104. The highest BCUT2D eigenvalue weighted by Gasteiger charge is 2.64. The van der Waals surface area contributed by atoms with Gasteiger partial charge in [-0.1, -0.05) is 48.4 Å². The van der Waals surface area contributed by atoms with Crippen molar-refractivity contribution in [3.63, 3.8) is 0 Å². The Morgan fingerprint density at radius 3 is 2.51 bits per heavy atom. The first kappa shape index (κ1) is 53.7. The fourth-order valence-corrected chi connectivity index (χ4v) is 11.2. The number of hydrogen-bond donors (Lipinski definition) is 5. The van der Waals surface area contributed by atoms with Gasteiger partial charge in [-0.05, 0) is 51.3 Å². The molecular formula is C45H63ClN5O14PS. The predicted molar refractivity (Wildman–Crippen MR) is 249 cm³/mol. The van der Waals surface area contributed by atoms with Gasteiger partial charge in [0.1, 0.15) is 23.9 Å². The van der Waals surface area contributed by atoms with Crippen LogP contribution >= 0.6 is 30.7 Å². The molecule has 370 valence electrons. The molecule has 4 aliphatic rings. The number of esters is 1. The van der Waals surface area contributed by atoms with Crippen LogP contribution in [0.1, 0.15) is 70.9 Å². The van der Waals surface area contributed by atoms with Gasteiger partial charge in [-0.2, -0.15) is 0 Å². The van der Waals surface area contributed by atoms with Crippen molar-refractivity contribution < 1.29 is 67.4 Å². The van der Waals surface area contributed by atoms with Gasteiger partial charge < -0.3 is 44.4 Å². The molecule has 10 atom stereocenters. The van der Waals surface area contributed by atoms with Crippen molar-refractivity contribution in [1.82, 2.24) is 20.4 Å². The zero-order valence-electron chi connectivity index (χ0n) is 39.1. The molecule has 3 unspecified atom stereocenters. The molecule has 67 heavy (non-hydrogen) atoms. The van der Waals surface area contributed by atoms with Crippen LogP contribution in [0.2, 0.25) is 5.02 Å². The largest absolute Gasteiger partial charge is 0.457 e. The minimum Gasteiger partial charge on any atom is -0.457 e. The first-order valence-electron chi connectivity index (χ1n) is 22.2. The zero-order valence-corrected chi connectivity index (χ0v) is 41.6. The number of halogens is 1. The maximum absolute atomic E-state index is 14.2. The van der Waals surface area contributed by atoms with E-state index in [0.29, 0.717) is 17.1 Å². The van der Waals surface area contributed by atoms with Gasteiger partial charge in [-0.25, -0.2) is 9.59 Å². The fraction of sp³-hybridized carbons (Fsp3) is 0.622. The molecule has 4 aliphatic heterocycles. The third-order valence-electron chi connectivity index (χ3n) is 13.1. The maximum Gasteiger partial charge on any atom is 0.409 e. The highest BCUT2D eigenvalue weighted by Crippen LogP contribution is 2.49. The van der Waals surface area contributed by atoms with E-state index in [4.69, 9.17) is 25.8 Å². The van der Waals surface area contributed by atoms with E-state index in [1.165, 1.54) is 30.8 Å². The Morgan fingerprint density at radius 2 is 1.84 bits per heavy atom. The molecule has 1 aromatic carbocycles. The molecule has 0 radical (unpaired) electrons. The van der Waals surface area contributed by atoms with Gasteiger partial charge in [0.15, 0.2) is 5.72 Å². The minimum atomic E-state index is -3.79. The number of aliphatic hydroxyl groups excluding tert-OH is 1. The lowest BCUT2D eigenvalue weighted by Gasteiger charge is -2.42. The number of fused-ring (bicyclic) bond motifs is 5. The SMILES string of the molecule is CNC(=O)CCP(=O)(O)CCN1C(=O)CC(SCCC(=O)N(C)[C@@H](C)C(=O)O[C@H]2CC(=O)N(C)c3cc(cc(C)c3Cl)C/C(C)=C/C=C/[C@@H](CO)[C@@]3(O)CC(OC(=O)N3)[C@@H](C)[C@H]3O[C@@]23C)C1=O.